The molecule has 0 radical (unpaired) electrons. The maximum atomic E-state index is 12.3. The minimum absolute atomic E-state index is 0.313. The van der Waals surface area contributed by atoms with Crippen molar-refractivity contribution in [2.24, 2.45) is 0 Å². The van der Waals surface area contributed by atoms with Crippen LogP contribution in [0, 0.1) is 0 Å². The summed E-state index contributed by atoms with van der Waals surface area (Å²) in [5, 5.41) is 5.65. The molecule has 0 aliphatic rings. The van der Waals surface area contributed by atoms with Gasteiger partial charge in [-0.1, -0.05) is 41.8 Å². The van der Waals surface area contributed by atoms with Crippen molar-refractivity contribution in [3.05, 3.63) is 46.4 Å². The number of unbranched alkanes of at least 4 members (excludes halogenated alkanes) is 2. The number of urea groups is 1. The number of hydrogen-bond donors (Lipinski definition) is 2. The normalized spacial score (nSPS) is 10.3. The van der Waals surface area contributed by atoms with Gasteiger partial charge in [0, 0.05) is 28.3 Å². The van der Waals surface area contributed by atoms with E-state index in [9.17, 15) is 4.79 Å². The first kappa shape index (κ1) is 21.9. The van der Waals surface area contributed by atoms with Crippen molar-refractivity contribution in [2.75, 3.05) is 26.1 Å². The third-order valence-electron chi connectivity index (χ3n) is 4.12. The zero-order valence-corrected chi connectivity index (χ0v) is 18.1. The maximum absolute atomic E-state index is 12.3. The van der Waals surface area contributed by atoms with E-state index in [-0.39, 0.29) is 6.03 Å². The molecule has 0 atom stereocenters. The molecule has 2 amide bonds. The van der Waals surface area contributed by atoms with Gasteiger partial charge in [-0.15, -0.1) is 0 Å². The van der Waals surface area contributed by atoms with E-state index < -0.39 is 0 Å². The van der Waals surface area contributed by atoms with Gasteiger partial charge in [0.25, 0.3) is 0 Å². The molecule has 0 aliphatic heterocycles. The van der Waals surface area contributed by atoms with Crippen LogP contribution in [-0.2, 0) is 6.54 Å². The highest BCUT2D eigenvalue weighted by molar-refractivity contribution is 9.10. The predicted molar refractivity (Wildman–Crippen MR) is 115 cm³/mol. The molecule has 7 heteroatoms. The first-order valence-corrected chi connectivity index (χ1v) is 10.0. The van der Waals surface area contributed by atoms with E-state index in [1.807, 2.05) is 18.2 Å². The molecule has 0 aliphatic carbocycles. The summed E-state index contributed by atoms with van der Waals surface area (Å²) >= 11 is 3.40. The summed E-state index contributed by atoms with van der Waals surface area (Å²) in [5.41, 5.74) is 1.52. The van der Waals surface area contributed by atoms with E-state index in [4.69, 9.17) is 14.2 Å². The van der Waals surface area contributed by atoms with Crippen LogP contribution in [0.2, 0.25) is 0 Å². The molecule has 0 spiro atoms. The molecular weight excluding hydrogens is 424 g/mol. The fraction of sp³-hybridized carbons (Fsp3) is 0.381. The number of hydrogen-bond acceptors (Lipinski definition) is 4. The van der Waals surface area contributed by atoms with Crippen LogP contribution < -0.4 is 24.8 Å². The lowest BCUT2D eigenvalue weighted by atomic mass is 10.2. The molecule has 2 aromatic carbocycles. The van der Waals surface area contributed by atoms with E-state index >= 15 is 0 Å². The van der Waals surface area contributed by atoms with Gasteiger partial charge in [-0.3, -0.25) is 0 Å². The quantitative estimate of drug-likeness (QED) is 0.478. The molecule has 0 saturated carbocycles. The molecule has 0 saturated heterocycles. The lowest BCUT2D eigenvalue weighted by molar-refractivity contribution is 0.251. The number of halogens is 1. The van der Waals surface area contributed by atoms with Crippen LogP contribution in [0.15, 0.2) is 40.9 Å². The number of methoxy groups -OCH3 is 2. The number of carbonyl (C=O) groups excluding carboxylic acids is 1. The van der Waals surface area contributed by atoms with E-state index in [1.54, 1.807) is 32.4 Å². The number of nitrogens with one attached hydrogen (secondary N) is 2. The van der Waals surface area contributed by atoms with Crippen molar-refractivity contribution in [1.82, 2.24) is 5.32 Å². The van der Waals surface area contributed by atoms with Gasteiger partial charge in [0.1, 0.15) is 5.75 Å². The Kier molecular flexibility index (Phi) is 8.94. The maximum Gasteiger partial charge on any atom is 0.319 e. The Balaban J connectivity index is 1.95. The van der Waals surface area contributed by atoms with Gasteiger partial charge in [0.15, 0.2) is 11.5 Å². The fourth-order valence-corrected chi connectivity index (χ4v) is 2.96. The molecule has 2 rings (SSSR count). The zero-order chi connectivity index (χ0) is 20.4. The van der Waals surface area contributed by atoms with Gasteiger partial charge in [0.2, 0.25) is 0 Å². The van der Waals surface area contributed by atoms with Gasteiger partial charge >= 0.3 is 6.03 Å². The van der Waals surface area contributed by atoms with Crippen molar-refractivity contribution in [3.8, 4) is 17.2 Å². The summed E-state index contributed by atoms with van der Waals surface area (Å²) in [7, 11) is 3.20. The molecule has 0 fully saturated rings. The summed E-state index contributed by atoms with van der Waals surface area (Å²) in [4.78, 5) is 12.3. The Labute approximate surface area is 174 Å². The van der Waals surface area contributed by atoms with E-state index in [0.717, 1.165) is 29.3 Å². The Hall–Kier alpha value is -2.41. The number of ether oxygens (including phenoxy) is 3. The second-order valence-electron chi connectivity index (χ2n) is 6.19. The van der Waals surface area contributed by atoms with Gasteiger partial charge < -0.3 is 24.8 Å². The molecule has 2 N–H and O–H groups in total. The predicted octanol–water partition coefficient (Wildman–Crippen LogP) is 5.36. The lowest BCUT2D eigenvalue weighted by Crippen LogP contribution is -2.28. The molecule has 0 heterocycles. The third-order valence-corrected chi connectivity index (χ3v) is 4.61. The van der Waals surface area contributed by atoms with Crippen LogP contribution in [0.5, 0.6) is 17.2 Å². The van der Waals surface area contributed by atoms with Crippen molar-refractivity contribution in [2.45, 2.75) is 32.7 Å². The largest absolute Gasteiger partial charge is 0.496 e. The number of rotatable bonds is 10. The average molecular weight is 451 g/mol. The number of carbonyl (C=O) groups is 1. The highest BCUT2D eigenvalue weighted by Crippen LogP contribution is 2.30. The summed E-state index contributed by atoms with van der Waals surface area (Å²) in [6, 6.07) is 10.7. The number of benzene rings is 2. The summed E-state index contributed by atoms with van der Waals surface area (Å²) in [6.45, 7) is 3.11. The average Bonchev–Trinajstić information content (AvgIpc) is 2.70. The molecule has 0 aromatic heterocycles. The van der Waals surface area contributed by atoms with E-state index in [0.29, 0.717) is 36.1 Å². The topological polar surface area (TPSA) is 68.8 Å². The van der Waals surface area contributed by atoms with Crippen molar-refractivity contribution in [1.29, 1.82) is 0 Å². The van der Waals surface area contributed by atoms with Crippen molar-refractivity contribution < 1.29 is 19.0 Å². The van der Waals surface area contributed by atoms with Gasteiger partial charge in [-0.05, 0) is 30.7 Å². The molecule has 152 valence electrons. The second-order valence-corrected chi connectivity index (χ2v) is 7.10. The fourth-order valence-electron chi connectivity index (χ4n) is 2.62. The highest BCUT2D eigenvalue weighted by atomic mass is 79.9. The summed E-state index contributed by atoms with van der Waals surface area (Å²) in [6.07, 6.45) is 3.22. The third kappa shape index (κ3) is 6.64. The molecule has 6 nitrogen and oxygen atoms in total. The second kappa shape index (κ2) is 11.4. The molecular formula is C21H27BrN2O4. The van der Waals surface area contributed by atoms with Gasteiger partial charge in [0.05, 0.1) is 20.8 Å². The molecule has 0 unspecified atom stereocenters. The van der Waals surface area contributed by atoms with Crippen molar-refractivity contribution >= 4 is 27.6 Å². The number of amides is 2. The van der Waals surface area contributed by atoms with Crippen LogP contribution in [-0.4, -0.2) is 26.9 Å². The first-order valence-electron chi connectivity index (χ1n) is 9.25. The Morgan fingerprint density at radius 2 is 1.79 bits per heavy atom. The summed E-state index contributed by atoms with van der Waals surface area (Å²) < 4.78 is 17.4. The molecule has 0 bridgehead atoms. The smallest absolute Gasteiger partial charge is 0.319 e. The Morgan fingerprint density at radius 1 is 1.00 bits per heavy atom. The van der Waals surface area contributed by atoms with Crippen LogP contribution >= 0.6 is 15.9 Å². The van der Waals surface area contributed by atoms with E-state index in [1.165, 1.54) is 0 Å². The SMILES string of the molecule is CCCCCOc1cc(NC(=O)NCc2ccc(Br)cc2OC)ccc1OC. The van der Waals surface area contributed by atoms with Gasteiger partial charge in [-0.2, -0.15) is 0 Å². The van der Waals surface area contributed by atoms with Crippen LogP contribution in [0.3, 0.4) is 0 Å². The van der Waals surface area contributed by atoms with Crippen LogP contribution in [0.25, 0.3) is 0 Å². The zero-order valence-electron chi connectivity index (χ0n) is 16.5. The van der Waals surface area contributed by atoms with Crippen molar-refractivity contribution in [3.63, 3.8) is 0 Å². The minimum Gasteiger partial charge on any atom is -0.496 e. The van der Waals surface area contributed by atoms with Crippen LogP contribution in [0.4, 0.5) is 10.5 Å². The van der Waals surface area contributed by atoms with Gasteiger partial charge in [-0.25, -0.2) is 4.79 Å². The summed E-state index contributed by atoms with van der Waals surface area (Å²) in [5.74, 6) is 1.97. The molecule has 2 aromatic rings. The standard InChI is InChI=1S/C21H27BrN2O4/c1-4-5-6-11-28-20-13-17(9-10-18(20)26-2)24-21(25)23-14-15-7-8-16(22)12-19(15)27-3/h7-10,12-13H,4-6,11,14H2,1-3H3,(H2,23,24,25). The lowest BCUT2D eigenvalue weighted by Gasteiger charge is -2.14. The van der Waals surface area contributed by atoms with Crippen LogP contribution in [0.1, 0.15) is 31.7 Å². The monoisotopic (exact) mass is 450 g/mol. The Morgan fingerprint density at radius 3 is 2.50 bits per heavy atom. The minimum atomic E-state index is -0.313. The van der Waals surface area contributed by atoms with E-state index in [2.05, 4.69) is 33.5 Å². The number of anilines is 1. The Bertz CT molecular complexity index is 783. The molecule has 28 heavy (non-hydrogen) atoms. The highest BCUT2D eigenvalue weighted by Gasteiger charge is 2.10. The first-order chi connectivity index (χ1) is 13.6.